The van der Waals surface area contributed by atoms with Gasteiger partial charge in [-0.25, -0.2) is 0 Å². The zero-order chi connectivity index (χ0) is 24.4. The number of hydrogen-bond acceptors (Lipinski definition) is 4. The minimum atomic E-state index is -0.266. The SMILES string of the molecule is Cc1cc(C(=O)N2CCC3(CC2)CC(OCC2CC2)CC(c2ccc#[n+]c2)O3)ccc1OC(C)C. The van der Waals surface area contributed by atoms with E-state index in [4.69, 9.17) is 14.2 Å². The molecular weight excluding hydrogens is 440 g/mol. The summed E-state index contributed by atoms with van der Waals surface area (Å²) in [6.07, 6.45) is 10.9. The number of nitrogens with zero attached hydrogens (tertiary/aromatic N) is 2. The third kappa shape index (κ3) is 5.79. The normalized spacial score (nSPS) is 23.8. The number of aromatic nitrogens is 1. The number of hydrogen-bond donors (Lipinski definition) is 0. The highest BCUT2D eigenvalue weighted by atomic mass is 16.5. The monoisotopic (exact) mass is 477 g/mol. The van der Waals surface area contributed by atoms with Gasteiger partial charge in [0.05, 0.1) is 35.5 Å². The predicted octanol–water partition coefficient (Wildman–Crippen LogP) is 4.50. The summed E-state index contributed by atoms with van der Waals surface area (Å²) >= 11 is 0. The number of piperidine rings is 1. The van der Waals surface area contributed by atoms with Crippen LogP contribution in [0.1, 0.15) is 80.0 Å². The van der Waals surface area contributed by atoms with E-state index in [1.165, 1.54) is 12.8 Å². The van der Waals surface area contributed by atoms with Crippen molar-refractivity contribution in [2.45, 2.75) is 83.2 Å². The number of benzene rings is 1. The summed E-state index contributed by atoms with van der Waals surface area (Å²) in [5.41, 5.74) is 2.52. The van der Waals surface area contributed by atoms with E-state index in [2.05, 4.69) is 11.2 Å². The van der Waals surface area contributed by atoms with Crippen LogP contribution in [0.25, 0.3) is 0 Å². The maximum atomic E-state index is 13.3. The number of ether oxygens (including phenoxy) is 3. The summed E-state index contributed by atoms with van der Waals surface area (Å²) in [4.78, 5) is 19.5. The van der Waals surface area contributed by atoms with Gasteiger partial charge in [0.1, 0.15) is 5.75 Å². The van der Waals surface area contributed by atoms with Crippen LogP contribution in [-0.2, 0) is 9.47 Å². The van der Waals surface area contributed by atoms with Gasteiger partial charge in [0.25, 0.3) is 5.91 Å². The Morgan fingerprint density at radius 2 is 2.06 bits per heavy atom. The van der Waals surface area contributed by atoms with Crippen LogP contribution in [-0.4, -0.2) is 48.3 Å². The zero-order valence-electron chi connectivity index (χ0n) is 21.2. The van der Waals surface area contributed by atoms with Gasteiger partial charge < -0.3 is 19.1 Å². The maximum Gasteiger partial charge on any atom is 0.311 e. The van der Waals surface area contributed by atoms with Gasteiger partial charge in [0, 0.05) is 38.1 Å². The Kier molecular flexibility index (Phi) is 7.00. The Morgan fingerprint density at radius 1 is 1.26 bits per heavy atom. The second-order valence-corrected chi connectivity index (χ2v) is 10.8. The lowest BCUT2D eigenvalue weighted by Crippen LogP contribution is -2.52. The highest BCUT2D eigenvalue weighted by Gasteiger charge is 2.46. The van der Waals surface area contributed by atoms with E-state index in [1.54, 1.807) is 0 Å². The molecule has 2 atom stereocenters. The molecule has 6 nitrogen and oxygen atoms in total. The molecule has 2 saturated heterocycles. The molecule has 3 heterocycles. The first-order chi connectivity index (χ1) is 16.9. The van der Waals surface area contributed by atoms with Crippen LogP contribution < -0.4 is 9.72 Å². The van der Waals surface area contributed by atoms with Crippen molar-refractivity contribution in [1.29, 1.82) is 0 Å². The van der Waals surface area contributed by atoms with Crippen molar-refractivity contribution in [3.05, 3.63) is 59.4 Å². The molecule has 2 unspecified atom stereocenters. The zero-order valence-corrected chi connectivity index (χ0v) is 21.2. The number of amides is 1. The molecule has 3 fully saturated rings. The third-order valence-corrected chi connectivity index (χ3v) is 7.49. The van der Waals surface area contributed by atoms with E-state index >= 15 is 0 Å². The summed E-state index contributed by atoms with van der Waals surface area (Å²) in [6, 6.07) is 9.63. The highest BCUT2D eigenvalue weighted by Crippen LogP contribution is 2.44. The molecule has 6 heteroatoms. The average molecular weight is 478 g/mol. The Balaban J connectivity index is 1.26. The van der Waals surface area contributed by atoms with Crippen LogP contribution in [0.15, 0.2) is 36.5 Å². The lowest BCUT2D eigenvalue weighted by atomic mass is 9.80. The van der Waals surface area contributed by atoms with Gasteiger partial charge >= 0.3 is 12.4 Å². The third-order valence-electron chi connectivity index (χ3n) is 7.49. The summed E-state index contributed by atoms with van der Waals surface area (Å²) < 4.78 is 19.0. The van der Waals surface area contributed by atoms with E-state index in [0.717, 1.165) is 55.1 Å². The maximum absolute atomic E-state index is 13.3. The standard InChI is InChI=1S/C29H37N2O4/c1-20(2)34-26-9-8-23(15-21(26)3)28(32)31-13-10-29(11-14-31)17-25(33-19-22-6-7-22)16-27(35-29)24-5-4-12-30-18-24/h4-5,8-9,15,18,20,22,25,27H,6-7,10-11,13-14,16-17,19H2,1-3H3/q+1. The summed E-state index contributed by atoms with van der Waals surface area (Å²) in [5, 5.41) is 0. The van der Waals surface area contributed by atoms with Crippen LogP contribution >= 0.6 is 0 Å². The predicted molar refractivity (Wildman–Crippen MR) is 131 cm³/mol. The van der Waals surface area contributed by atoms with Gasteiger partial charge in [-0.3, -0.25) is 4.79 Å². The minimum Gasteiger partial charge on any atom is -0.491 e. The van der Waals surface area contributed by atoms with Gasteiger partial charge in [-0.2, -0.15) is 0 Å². The summed E-state index contributed by atoms with van der Waals surface area (Å²) in [7, 11) is 0. The fraction of sp³-hybridized carbons (Fsp3) is 0.586. The molecule has 1 saturated carbocycles. The molecule has 35 heavy (non-hydrogen) atoms. The van der Waals surface area contributed by atoms with Crippen LogP contribution in [0.4, 0.5) is 0 Å². The van der Waals surface area contributed by atoms with Crippen molar-refractivity contribution in [1.82, 2.24) is 4.90 Å². The topological polar surface area (TPSA) is 62.1 Å². The molecule has 1 amide bonds. The second kappa shape index (κ2) is 10.2. The Labute approximate surface area is 209 Å². The first-order valence-electron chi connectivity index (χ1n) is 13.1. The molecule has 0 bridgehead atoms. The molecule has 2 aromatic rings. The van der Waals surface area contributed by atoms with E-state index in [-0.39, 0.29) is 29.8 Å². The lowest BCUT2D eigenvalue weighted by Gasteiger charge is -2.48. The molecule has 1 aromatic heterocycles. The molecule has 186 valence electrons. The van der Waals surface area contributed by atoms with E-state index in [9.17, 15) is 4.79 Å². The van der Waals surface area contributed by atoms with Crippen molar-refractivity contribution in [3.63, 3.8) is 0 Å². The van der Waals surface area contributed by atoms with Gasteiger partial charge in [-0.15, -0.1) is 0 Å². The molecular formula is C29H37N2O4+. The van der Waals surface area contributed by atoms with E-state index in [0.29, 0.717) is 18.7 Å². The fourth-order valence-corrected chi connectivity index (χ4v) is 5.34. The average Bonchev–Trinajstić information content (AvgIpc) is 3.69. The van der Waals surface area contributed by atoms with Crippen LogP contribution in [0, 0.1) is 19.0 Å². The van der Waals surface area contributed by atoms with Crippen molar-refractivity contribution >= 4 is 5.91 Å². The molecule has 1 aromatic carbocycles. The lowest BCUT2D eigenvalue weighted by molar-refractivity contribution is -0.297. The Morgan fingerprint density at radius 3 is 2.71 bits per heavy atom. The van der Waals surface area contributed by atoms with Crippen molar-refractivity contribution in [2.75, 3.05) is 19.7 Å². The van der Waals surface area contributed by atoms with E-state index < -0.39 is 0 Å². The second-order valence-electron chi connectivity index (χ2n) is 10.8. The van der Waals surface area contributed by atoms with Gasteiger partial charge in [0.2, 0.25) is 0 Å². The number of rotatable bonds is 7. The summed E-state index contributed by atoms with van der Waals surface area (Å²) in [5.74, 6) is 1.65. The number of carbonyl (C=O) groups excluding carboxylic acids is 1. The van der Waals surface area contributed by atoms with Crippen molar-refractivity contribution in [3.8, 4) is 5.75 Å². The Bertz CT molecular complexity index is 1010. The van der Waals surface area contributed by atoms with Crippen molar-refractivity contribution in [2.24, 2.45) is 5.92 Å². The largest absolute Gasteiger partial charge is 0.491 e. The van der Waals surface area contributed by atoms with E-state index in [1.807, 2.05) is 62.2 Å². The van der Waals surface area contributed by atoms with Crippen LogP contribution in [0.2, 0.25) is 0 Å². The first-order valence-corrected chi connectivity index (χ1v) is 13.1. The van der Waals surface area contributed by atoms with Crippen molar-refractivity contribution < 1.29 is 24.0 Å². The smallest absolute Gasteiger partial charge is 0.311 e. The van der Waals surface area contributed by atoms with Gasteiger partial charge in [-0.05, 0) is 87.2 Å². The molecule has 0 N–H and O–H groups in total. The number of aryl methyl sites for hydroxylation is 1. The molecule has 3 aliphatic rings. The first kappa shape index (κ1) is 24.1. The molecule has 5 rings (SSSR count). The molecule has 0 radical (unpaired) electrons. The minimum absolute atomic E-state index is 0.0338. The summed E-state index contributed by atoms with van der Waals surface area (Å²) in [6.45, 7) is 8.24. The molecule has 1 spiro atoms. The van der Waals surface area contributed by atoms with Crippen LogP contribution in [0.3, 0.4) is 0 Å². The quantitative estimate of drug-likeness (QED) is 0.587. The van der Waals surface area contributed by atoms with Crippen LogP contribution in [0.5, 0.6) is 5.75 Å². The van der Waals surface area contributed by atoms with Gasteiger partial charge in [0.15, 0.2) is 0 Å². The molecule has 2 aliphatic heterocycles. The fourth-order valence-electron chi connectivity index (χ4n) is 5.34. The number of likely N-dealkylation sites (tertiary alicyclic amines) is 1. The molecule has 1 aliphatic carbocycles. The highest BCUT2D eigenvalue weighted by molar-refractivity contribution is 5.94. The van der Waals surface area contributed by atoms with Gasteiger partial charge in [-0.1, -0.05) is 0 Å². The Hall–Kier alpha value is -2.62. The number of carbonyl (C=O) groups is 1.